The molecular formula is C12H24N2. The van der Waals surface area contributed by atoms with Crippen LogP contribution in [0.1, 0.15) is 39.5 Å². The lowest BCUT2D eigenvalue weighted by Gasteiger charge is -2.25. The van der Waals surface area contributed by atoms with Crippen LogP contribution in [0.15, 0.2) is 0 Å². The number of hydrogen-bond donors (Lipinski definition) is 1. The third-order valence-electron chi connectivity index (χ3n) is 3.95. The van der Waals surface area contributed by atoms with Crippen molar-refractivity contribution in [3.63, 3.8) is 0 Å². The van der Waals surface area contributed by atoms with Crippen LogP contribution in [-0.2, 0) is 0 Å². The lowest BCUT2D eigenvalue weighted by molar-refractivity contribution is 0.232. The van der Waals surface area contributed by atoms with E-state index >= 15 is 0 Å². The lowest BCUT2D eigenvalue weighted by atomic mass is 9.96. The normalized spacial score (nSPS) is 39.4. The van der Waals surface area contributed by atoms with Gasteiger partial charge in [-0.05, 0) is 58.2 Å². The summed E-state index contributed by atoms with van der Waals surface area (Å²) in [6.45, 7) is 8.46. The van der Waals surface area contributed by atoms with Crippen molar-refractivity contribution in [2.75, 3.05) is 19.6 Å². The van der Waals surface area contributed by atoms with Crippen molar-refractivity contribution in [3.05, 3.63) is 0 Å². The Labute approximate surface area is 88.1 Å². The molecule has 2 rings (SSSR count). The quantitative estimate of drug-likeness (QED) is 0.741. The molecule has 0 amide bonds. The molecule has 0 aromatic heterocycles. The summed E-state index contributed by atoms with van der Waals surface area (Å²) < 4.78 is 0. The first-order valence-electron chi connectivity index (χ1n) is 6.27. The maximum atomic E-state index is 3.56. The highest BCUT2D eigenvalue weighted by Crippen LogP contribution is 2.27. The van der Waals surface area contributed by atoms with Crippen molar-refractivity contribution in [1.29, 1.82) is 0 Å². The zero-order valence-corrected chi connectivity index (χ0v) is 9.63. The Morgan fingerprint density at radius 1 is 1.43 bits per heavy atom. The van der Waals surface area contributed by atoms with Crippen LogP contribution in [0, 0.1) is 5.92 Å². The van der Waals surface area contributed by atoms with E-state index in [9.17, 15) is 0 Å². The van der Waals surface area contributed by atoms with Gasteiger partial charge < -0.3 is 10.2 Å². The zero-order chi connectivity index (χ0) is 9.97. The highest BCUT2D eigenvalue weighted by molar-refractivity contribution is 4.85. The molecule has 0 aromatic carbocycles. The van der Waals surface area contributed by atoms with Crippen molar-refractivity contribution in [2.45, 2.75) is 51.6 Å². The molecule has 0 aliphatic carbocycles. The van der Waals surface area contributed by atoms with E-state index in [2.05, 4.69) is 24.1 Å². The molecule has 0 saturated carbocycles. The Kier molecular flexibility index (Phi) is 3.45. The Morgan fingerprint density at radius 3 is 2.93 bits per heavy atom. The number of nitrogens with one attached hydrogen (secondary N) is 1. The number of hydrogen-bond acceptors (Lipinski definition) is 2. The third kappa shape index (κ3) is 2.29. The summed E-state index contributed by atoms with van der Waals surface area (Å²) in [7, 11) is 0. The molecule has 1 N–H and O–H groups in total. The smallest absolute Gasteiger partial charge is 0.00987 e. The van der Waals surface area contributed by atoms with Gasteiger partial charge in [0, 0.05) is 12.1 Å². The summed E-state index contributed by atoms with van der Waals surface area (Å²) in [5.74, 6) is 0.946. The van der Waals surface area contributed by atoms with Gasteiger partial charge in [-0.1, -0.05) is 6.92 Å². The first-order chi connectivity index (χ1) is 6.79. The average molecular weight is 196 g/mol. The van der Waals surface area contributed by atoms with Crippen LogP contribution in [-0.4, -0.2) is 36.6 Å². The van der Waals surface area contributed by atoms with Crippen molar-refractivity contribution in [1.82, 2.24) is 10.2 Å². The molecule has 2 nitrogen and oxygen atoms in total. The Morgan fingerprint density at radius 2 is 2.29 bits per heavy atom. The fourth-order valence-corrected chi connectivity index (χ4v) is 3.18. The molecule has 0 radical (unpaired) electrons. The van der Waals surface area contributed by atoms with E-state index in [1.807, 2.05) is 0 Å². The minimum absolute atomic E-state index is 0.761. The molecule has 0 bridgehead atoms. The van der Waals surface area contributed by atoms with Gasteiger partial charge in [0.25, 0.3) is 0 Å². The van der Waals surface area contributed by atoms with Crippen LogP contribution in [0.2, 0.25) is 0 Å². The van der Waals surface area contributed by atoms with E-state index in [4.69, 9.17) is 0 Å². The summed E-state index contributed by atoms with van der Waals surface area (Å²) in [6.07, 6.45) is 5.70. The van der Waals surface area contributed by atoms with Crippen LogP contribution in [0.25, 0.3) is 0 Å². The molecule has 14 heavy (non-hydrogen) atoms. The molecular weight excluding hydrogens is 172 g/mol. The molecule has 2 saturated heterocycles. The topological polar surface area (TPSA) is 15.3 Å². The molecule has 2 heteroatoms. The molecule has 2 aliphatic rings. The highest BCUT2D eigenvalue weighted by Gasteiger charge is 2.28. The maximum Gasteiger partial charge on any atom is 0.00987 e. The summed E-state index contributed by atoms with van der Waals surface area (Å²) in [5, 5.41) is 3.56. The fourth-order valence-electron chi connectivity index (χ4n) is 3.18. The zero-order valence-electron chi connectivity index (χ0n) is 9.63. The number of likely N-dealkylation sites (tertiary alicyclic amines) is 1. The van der Waals surface area contributed by atoms with E-state index in [0.29, 0.717) is 0 Å². The first kappa shape index (κ1) is 10.4. The van der Waals surface area contributed by atoms with Crippen molar-refractivity contribution in [3.8, 4) is 0 Å². The monoisotopic (exact) mass is 196 g/mol. The van der Waals surface area contributed by atoms with Crippen molar-refractivity contribution >= 4 is 0 Å². The standard InChI is InChI=1S/C12H24N2/c1-3-14-6-4-5-12(14)8-11-7-10(2)13-9-11/h10-13H,3-9H2,1-2H3. The van der Waals surface area contributed by atoms with Gasteiger partial charge in [-0.3, -0.25) is 0 Å². The van der Waals surface area contributed by atoms with Gasteiger partial charge >= 0.3 is 0 Å². The van der Waals surface area contributed by atoms with Crippen LogP contribution in [0.5, 0.6) is 0 Å². The minimum atomic E-state index is 0.761. The average Bonchev–Trinajstić information content (AvgIpc) is 2.76. The second-order valence-corrected chi connectivity index (χ2v) is 5.07. The van der Waals surface area contributed by atoms with E-state index in [1.165, 1.54) is 45.3 Å². The molecule has 0 spiro atoms. The van der Waals surface area contributed by atoms with Gasteiger partial charge in [-0.25, -0.2) is 0 Å². The third-order valence-corrected chi connectivity index (χ3v) is 3.95. The Bertz CT molecular complexity index is 181. The van der Waals surface area contributed by atoms with Gasteiger partial charge in [-0.15, -0.1) is 0 Å². The molecule has 2 fully saturated rings. The summed E-state index contributed by atoms with van der Waals surface area (Å²) in [4.78, 5) is 2.67. The molecule has 0 aromatic rings. The molecule has 3 unspecified atom stereocenters. The summed E-state index contributed by atoms with van der Waals surface area (Å²) in [5.41, 5.74) is 0. The molecule has 82 valence electrons. The van der Waals surface area contributed by atoms with Crippen LogP contribution in [0.4, 0.5) is 0 Å². The van der Waals surface area contributed by atoms with Gasteiger partial charge in [-0.2, -0.15) is 0 Å². The van der Waals surface area contributed by atoms with E-state index in [-0.39, 0.29) is 0 Å². The second-order valence-electron chi connectivity index (χ2n) is 5.07. The fraction of sp³-hybridized carbons (Fsp3) is 1.00. The SMILES string of the molecule is CCN1CCCC1CC1CNC(C)C1. The van der Waals surface area contributed by atoms with Gasteiger partial charge in [0.15, 0.2) is 0 Å². The largest absolute Gasteiger partial charge is 0.314 e. The lowest BCUT2D eigenvalue weighted by Crippen LogP contribution is -2.31. The van der Waals surface area contributed by atoms with Crippen LogP contribution >= 0.6 is 0 Å². The summed E-state index contributed by atoms with van der Waals surface area (Å²) in [6, 6.07) is 1.66. The Balaban J connectivity index is 1.79. The predicted octanol–water partition coefficient (Wildman–Crippen LogP) is 1.86. The first-order valence-corrected chi connectivity index (χ1v) is 6.27. The van der Waals surface area contributed by atoms with E-state index < -0.39 is 0 Å². The van der Waals surface area contributed by atoms with Gasteiger partial charge in [0.05, 0.1) is 0 Å². The Hall–Kier alpha value is -0.0800. The summed E-state index contributed by atoms with van der Waals surface area (Å²) >= 11 is 0. The number of nitrogens with zero attached hydrogens (tertiary/aromatic N) is 1. The van der Waals surface area contributed by atoms with Gasteiger partial charge in [0.1, 0.15) is 0 Å². The molecule has 2 heterocycles. The molecule has 3 atom stereocenters. The highest BCUT2D eigenvalue weighted by atomic mass is 15.2. The van der Waals surface area contributed by atoms with Crippen molar-refractivity contribution < 1.29 is 0 Å². The van der Waals surface area contributed by atoms with E-state index in [0.717, 1.165) is 18.0 Å². The van der Waals surface area contributed by atoms with Crippen LogP contribution in [0.3, 0.4) is 0 Å². The minimum Gasteiger partial charge on any atom is -0.314 e. The number of rotatable bonds is 3. The van der Waals surface area contributed by atoms with Crippen molar-refractivity contribution in [2.24, 2.45) is 5.92 Å². The maximum absolute atomic E-state index is 3.56. The molecule has 2 aliphatic heterocycles. The van der Waals surface area contributed by atoms with E-state index in [1.54, 1.807) is 0 Å². The predicted molar refractivity (Wildman–Crippen MR) is 60.5 cm³/mol. The van der Waals surface area contributed by atoms with Gasteiger partial charge in [0.2, 0.25) is 0 Å². The second kappa shape index (κ2) is 4.63. The van der Waals surface area contributed by atoms with Crippen LogP contribution < -0.4 is 5.32 Å².